The summed E-state index contributed by atoms with van der Waals surface area (Å²) in [5, 5.41) is 3.01. The van der Waals surface area contributed by atoms with E-state index in [1.54, 1.807) is 24.3 Å². The van der Waals surface area contributed by atoms with Crippen molar-refractivity contribution >= 4 is 23.4 Å². The summed E-state index contributed by atoms with van der Waals surface area (Å²) in [5.41, 5.74) is 0.893. The number of carbonyl (C=O) groups excluding carboxylic acids is 3. The Balaban J connectivity index is 1.82. The maximum atomic E-state index is 13.1. The standard InChI is InChI=1S/C19H20N2O3/c1-3-7-11-10-13-14-15(19(11,2)20-16(13)22)18(24)21(17(14)23)12-8-5-4-6-9-12/h4-6,8-10,13-15H,3,7H2,1-2H3,(H,20,22)/t13-,14+,15-,19+/m1/s1. The summed E-state index contributed by atoms with van der Waals surface area (Å²) in [4.78, 5) is 39.8. The summed E-state index contributed by atoms with van der Waals surface area (Å²) in [6.07, 6.45) is 3.69. The van der Waals surface area contributed by atoms with Crippen molar-refractivity contribution in [1.82, 2.24) is 5.32 Å². The lowest BCUT2D eigenvalue weighted by molar-refractivity contribution is -0.140. The monoisotopic (exact) mass is 324 g/mol. The number of hydrogen-bond donors (Lipinski definition) is 1. The molecule has 24 heavy (non-hydrogen) atoms. The van der Waals surface area contributed by atoms with Gasteiger partial charge in [-0.25, -0.2) is 4.90 Å². The predicted molar refractivity (Wildman–Crippen MR) is 88.9 cm³/mol. The van der Waals surface area contributed by atoms with Crippen molar-refractivity contribution in [2.75, 3.05) is 4.90 Å². The molecule has 3 aliphatic heterocycles. The van der Waals surface area contributed by atoms with Crippen LogP contribution in [0.25, 0.3) is 0 Å². The normalized spacial score (nSPS) is 34.2. The van der Waals surface area contributed by atoms with E-state index in [2.05, 4.69) is 12.2 Å². The predicted octanol–water partition coefficient (Wildman–Crippen LogP) is 2.04. The lowest BCUT2D eigenvalue weighted by atomic mass is 9.60. The van der Waals surface area contributed by atoms with Crippen LogP contribution in [0, 0.1) is 17.8 Å². The van der Waals surface area contributed by atoms with Gasteiger partial charge in [0.1, 0.15) is 0 Å². The van der Waals surface area contributed by atoms with Gasteiger partial charge in [-0.15, -0.1) is 0 Å². The van der Waals surface area contributed by atoms with E-state index in [1.165, 1.54) is 4.90 Å². The van der Waals surface area contributed by atoms with Crippen molar-refractivity contribution < 1.29 is 14.4 Å². The first-order valence-corrected chi connectivity index (χ1v) is 8.45. The summed E-state index contributed by atoms with van der Waals surface area (Å²) >= 11 is 0. The van der Waals surface area contributed by atoms with Gasteiger partial charge < -0.3 is 5.32 Å². The van der Waals surface area contributed by atoms with Crippen LogP contribution in [0.15, 0.2) is 42.0 Å². The number of benzene rings is 1. The molecule has 4 atom stereocenters. The molecule has 0 unspecified atom stereocenters. The third kappa shape index (κ3) is 1.78. The van der Waals surface area contributed by atoms with Crippen LogP contribution in [0.4, 0.5) is 5.69 Å². The highest BCUT2D eigenvalue weighted by molar-refractivity contribution is 6.24. The SMILES string of the molecule is CCCC1=C[C@H]2C(=O)N[C@]1(C)[C@H]1C(=O)N(c3ccccc3)C(=O)[C@@H]21. The first-order chi connectivity index (χ1) is 11.5. The van der Waals surface area contributed by atoms with E-state index in [0.717, 1.165) is 18.4 Å². The number of fused-ring (bicyclic) bond motifs is 1. The van der Waals surface area contributed by atoms with Crippen LogP contribution in [-0.2, 0) is 14.4 Å². The number of carbonyl (C=O) groups is 3. The molecule has 1 N–H and O–H groups in total. The third-order valence-corrected chi connectivity index (χ3v) is 5.63. The van der Waals surface area contributed by atoms with Gasteiger partial charge in [-0.1, -0.05) is 37.6 Å². The average molecular weight is 324 g/mol. The minimum atomic E-state index is -0.761. The second kappa shape index (κ2) is 5.03. The van der Waals surface area contributed by atoms with Crippen molar-refractivity contribution in [2.45, 2.75) is 32.2 Å². The molecule has 2 fully saturated rings. The van der Waals surface area contributed by atoms with Gasteiger partial charge in [-0.05, 0) is 31.1 Å². The van der Waals surface area contributed by atoms with Gasteiger partial charge >= 0.3 is 0 Å². The van der Waals surface area contributed by atoms with Crippen LogP contribution in [0.2, 0.25) is 0 Å². The van der Waals surface area contributed by atoms with Crippen LogP contribution in [-0.4, -0.2) is 23.3 Å². The van der Waals surface area contributed by atoms with Gasteiger partial charge in [-0.3, -0.25) is 14.4 Å². The zero-order valence-electron chi connectivity index (χ0n) is 13.8. The highest BCUT2D eigenvalue weighted by atomic mass is 16.2. The summed E-state index contributed by atoms with van der Waals surface area (Å²) in [5.74, 6) is -2.24. The fraction of sp³-hybridized carbons (Fsp3) is 0.421. The van der Waals surface area contributed by atoms with Gasteiger partial charge in [0.05, 0.1) is 29.0 Å². The Hall–Kier alpha value is -2.43. The number of piperidine rings is 1. The number of imide groups is 1. The first-order valence-electron chi connectivity index (χ1n) is 8.45. The molecule has 1 aromatic rings. The van der Waals surface area contributed by atoms with Gasteiger partial charge in [0.25, 0.3) is 0 Å². The Morgan fingerprint density at radius 1 is 1.12 bits per heavy atom. The minimum Gasteiger partial charge on any atom is -0.346 e. The Morgan fingerprint density at radius 3 is 2.50 bits per heavy atom. The Morgan fingerprint density at radius 2 is 1.83 bits per heavy atom. The second-order valence-electron chi connectivity index (χ2n) is 7.01. The largest absolute Gasteiger partial charge is 0.346 e. The van der Waals surface area contributed by atoms with Crippen LogP contribution in [0.5, 0.6) is 0 Å². The van der Waals surface area contributed by atoms with E-state index < -0.39 is 23.3 Å². The van der Waals surface area contributed by atoms with E-state index in [9.17, 15) is 14.4 Å². The minimum absolute atomic E-state index is 0.144. The zero-order chi connectivity index (χ0) is 17.1. The molecule has 1 aliphatic carbocycles. The molecule has 2 saturated heterocycles. The fourth-order valence-corrected chi connectivity index (χ4v) is 4.53. The molecule has 5 heteroatoms. The Bertz CT molecular complexity index is 770. The average Bonchev–Trinajstić information content (AvgIpc) is 2.83. The third-order valence-electron chi connectivity index (χ3n) is 5.63. The maximum Gasteiger partial charge on any atom is 0.240 e. The second-order valence-corrected chi connectivity index (χ2v) is 7.01. The van der Waals surface area contributed by atoms with Crippen molar-refractivity contribution in [1.29, 1.82) is 0 Å². The van der Waals surface area contributed by atoms with Gasteiger partial charge in [0.2, 0.25) is 17.7 Å². The van der Waals surface area contributed by atoms with E-state index in [0.29, 0.717) is 5.69 Å². The molecule has 4 aliphatic rings. The van der Waals surface area contributed by atoms with Crippen molar-refractivity contribution in [3.8, 4) is 0 Å². The molecule has 5 nitrogen and oxygen atoms in total. The van der Waals surface area contributed by atoms with Crippen LogP contribution >= 0.6 is 0 Å². The molecule has 3 heterocycles. The highest BCUT2D eigenvalue weighted by Gasteiger charge is 2.66. The quantitative estimate of drug-likeness (QED) is 0.683. The van der Waals surface area contributed by atoms with E-state index in [-0.39, 0.29) is 17.7 Å². The van der Waals surface area contributed by atoms with Crippen LogP contribution < -0.4 is 10.2 Å². The number of hydrogen-bond acceptors (Lipinski definition) is 3. The lowest BCUT2D eigenvalue weighted by Crippen LogP contribution is -2.66. The van der Waals surface area contributed by atoms with Crippen LogP contribution in [0.3, 0.4) is 0 Å². The number of rotatable bonds is 3. The van der Waals surface area contributed by atoms with Crippen molar-refractivity contribution in [2.24, 2.45) is 17.8 Å². The Labute approximate surface area is 140 Å². The van der Waals surface area contributed by atoms with Gasteiger partial charge in [0.15, 0.2) is 0 Å². The molecule has 0 spiro atoms. The molecule has 0 radical (unpaired) electrons. The smallest absolute Gasteiger partial charge is 0.240 e. The maximum absolute atomic E-state index is 13.1. The number of anilines is 1. The first kappa shape index (κ1) is 15.1. The number of para-hydroxylation sites is 1. The number of nitrogens with zero attached hydrogens (tertiary/aromatic N) is 1. The van der Waals surface area contributed by atoms with Gasteiger partial charge in [-0.2, -0.15) is 0 Å². The van der Waals surface area contributed by atoms with Crippen molar-refractivity contribution in [3.63, 3.8) is 0 Å². The van der Waals surface area contributed by atoms with E-state index >= 15 is 0 Å². The van der Waals surface area contributed by atoms with Crippen LogP contribution in [0.1, 0.15) is 26.7 Å². The molecule has 0 aromatic heterocycles. The molecule has 124 valence electrons. The summed E-state index contributed by atoms with van der Waals surface area (Å²) in [6, 6.07) is 8.97. The zero-order valence-corrected chi connectivity index (χ0v) is 13.8. The summed E-state index contributed by atoms with van der Waals surface area (Å²) in [6.45, 7) is 3.96. The van der Waals surface area contributed by atoms with Crippen molar-refractivity contribution in [3.05, 3.63) is 42.0 Å². The van der Waals surface area contributed by atoms with Gasteiger partial charge in [0, 0.05) is 0 Å². The molecule has 5 rings (SSSR count). The van der Waals surface area contributed by atoms with E-state index in [4.69, 9.17) is 0 Å². The number of nitrogens with one attached hydrogen (secondary N) is 1. The summed E-state index contributed by atoms with van der Waals surface area (Å²) < 4.78 is 0. The highest BCUT2D eigenvalue weighted by Crippen LogP contribution is 2.51. The molecular formula is C19H20N2O3. The molecule has 0 saturated carbocycles. The van der Waals surface area contributed by atoms with E-state index in [1.807, 2.05) is 19.1 Å². The molecule has 1 aromatic carbocycles. The lowest BCUT2D eigenvalue weighted by Gasteiger charge is -2.50. The fourth-order valence-electron chi connectivity index (χ4n) is 4.53. The summed E-state index contributed by atoms with van der Waals surface area (Å²) in [7, 11) is 0. The number of amides is 3. The topological polar surface area (TPSA) is 66.5 Å². The molecular weight excluding hydrogens is 304 g/mol. The molecule has 3 amide bonds. The molecule has 2 bridgehead atoms. The Kier molecular flexibility index (Phi) is 3.17.